The van der Waals surface area contributed by atoms with Crippen molar-refractivity contribution >= 4 is 11.6 Å². The molecular formula is C12H15ClFN. The Kier molecular flexibility index (Phi) is 2.73. The summed E-state index contributed by atoms with van der Waals surface area (Å²) in [6.07, 6.45) is 3.84. The summed E-state index contributed by atoms with van der Waals surface area (Å²) in [5, 5.41) is 0.570. The van der Waals surface area contributed by atoms with Crippen LogP contribution in [-0.2, 0) is 5.54 Å². The Morgan fingerprint density at radius 3 is 2.53 bits per heavy atom. The highest BCUT2D eigenvalue weighted by Crippen LogP contribution is 2.39. The maximum Gasteiger partial charge on any atom is 0.131 e. The van der Waals surface area contributed by atoms with Crippen LogP contribution >= 0.6 is 11.6 Å². The molecule has 0 bridgehead atoms. The smallest absolute Gasteiger partial charge is 0.131 e. The highest BCUT2D eigenvalue weighted by atomic mass is 35.5. The first-order valence-corrected chi connectivity index (χ1v) is 5.66. The van der Waals surface area contributed by atoms with Gasteiger partial charge in [-0.3, -0.25) is 0 Å². The number of hydrogen-bond acceptors (Lipinski definition) is 1. The molecule has 15 heavy (non-hydrogen) atoms. The van der Waals surface area contributed by atoms with E-state index in [-0.39, 0.29) is 5.82 Å². The van der Waals surface area contributed by atoms with Crippen LogP contribution in [0.15, 0.2) is 12.1 Å². The van der Waals surface area contributed by atoms with Crippen LogP contribution in [0.4, 0.5) is 4.39 Å². The van der Waals surface area contributed by atoms with Crippen LogP contribution < -0.4 is 5.73 Å². The third-order valence-electron chi connectivity index (χ3n) is 3.25. The fourth-order valence-electron chi connectivity index (χ4n) is 2.36. The first kappa shape index (κ1) is 10.9. The molecule has 1 aliphatic rings. The van der Waals surface area contributed by atoms with E-state index in [4.69, 9.17) is 17.3 Å². The van der Waals surface area contributed by atoms with Crippen molar-refractivity contribution in [3.05, 3.63) is 34.1 Å². The van der Waals surface area contributed by atoms with E-state index in [0.717, 1.165) is 25.7 Å². The summed E-state index contributed by atoms with van der Waals surface area (Å²) in [4.78, 5) is 0. The van der Waals surface area contributed by atoms with Gasteiger partial charge in [-0.25, -0.2) is 4.39 Å². The van der Waals surface area contributed by atoms with E-state index in [1.165, 1.54) is 0 Å². The Morgan fingerprint density at radius 1 is 1.33 bits per heavy atom. The zero-order chi connectivity index (χ0) is 11.1. The van der Waals surface area contributed by atoms with Crippen molar-refractivity contribution < 1.29 is 4.39 Å². The summed E-state index contributed by atoms with van der Waals surface area (Å²) >= 11 is 5.94. The molecule has 1 aromatic rings. The molecule has 2 N–H and O–H groups in total. The Bertz CT molecular complexity index is 383. The SMILES string of the molecule is Cc1cc(Cl)cc(C2(N)CCCC2)c1F. The van der Waals surface area contributed by atoms with Gasteiger partial charge < -0.3 is 5.73 Å². The highest BCUT2D eigenvalue weighted by Gasteiger charge is 2.34. The standard InChI is InChI=1S/C12H15ClFN/c1-8-6-9(13)7-10(11(8)14)12(15)4-2-3-5-12/h6-7H,2-5,15H2,1H3. The van der Waals surface area contributed by atoms with Crippen molar-refractivity contribution in [1.29, 1.82) is 0 Å². The molecule has 0 aromatic heterocycles. The molecule has 1 fully saturated rings. The molecule has 1 nitrogen and oxygen atoms in total. The molecule has 3 heteroatoms. The molecule has 2 rings (SSSR count). The van der Waals surface area contributed by atoms with Crippen LogP contribution in [0.1, 0.15) is 36.8 Å². The van der Waals surface area contributed by atoms with E-state index in [0.29, 0.717) is 16.1 Å². The van der Waals surface area contributed by atoms with E-state index in [1.54, 1.807) is 19.1 Å². The van der Waals surface area contributed by atoms with Crippen molar-refractivity contribution in [3.63, 3.8) is 0 Å². The van der Waals surface area contributed by atoms with Crippen molar-refractivity contribution in [2.45, 2.75) is 38.1 Å². The van der Waals surface area contributed by atoms with Gasteiger partial charge >= 0.3 is 0 Å². The van der Waals surface area contributed by atoms with Crippen LogP contribution in [0, 0.1) is 12.7 Å². The summed E-state index contributed by atoms with van der Waals surface area (Å²) in [6.45, 7) is 1.73. The van der Waals surface area contributed by atoms with Gasteiger partial charge in [-0.2, -0.15) is 0 Å². The molecular weight excluding hydrogens is 213 g/mol. The maximum absolute atomic E-state index is 13.9. The predicted molar refractivity (Wildman–Crippen MR) is 60.5 cm³/mol. The fourth-order valence-corrected chi connectivity index (χ4v) is 2.64. The summed E-state index contributed by atoms with van der Waals surface area (Å²) < 4.78 is 13.9. The lowest BCUT2D eigenvalue weighted by Crippen LogP contribution is -2.34. The average Bonchev–Trinajstić information content (AvgIpc) is 2.59. The fraction of sp³-hybridized carbons (Fsp3) is 0.500. The molecule has 0 amide bonds. The molecule has 0 atom stereocenters. The molecule has 0 heterocycles. The predicted octanol–water partition coefficient (Wildman–Crippen LogP) is 3.52. The van der Waals surface area contributed by atoms with Crippen LogP contribution in [0.25, 0.3) is 0 Å². The van der Waals surface area contributed by atoms with Gasteiger partial charge in [0.25, 0.3) is 0 Å². The zero-order valence-electron chi connectivity index (χ0n) is 8.82. The van der Waals surface area contributed by atoms with Crippen molar-refractivity contribution in [3.8, 4) is 0 Å². The minimum Gasteiger partial charge on any atom is -0.321 e. The molecule has 1 aliphatic carbocycles. The Balaban J connectivity index is 2.51. The highest BCUT2D eigenvalue weighted by molar-refractivity contribution is 6.30. The van der Waals surface area contributed by atoms with E-state index in [1.807, 2.05) is 0 Å². The van der Waals surface area contributed by atoms with Crippen LogP contribution in [0.5, 0.6) is 0 Å². The van der Waals surface area contributed by atoms with Gasteiger partial charge in [0, 0.05) is 16.1 Å². The zero-order valence-corrected chi connectivity index (χ0v) is 9.57. The van der Waals surface area contributed by atoms with E-state index in [2.05, 4.69) is 0 Å². The van der Waals surface area contributed by atoms with Crippen molar-refractivity contribution in [2.75, 3.05) is 0 Å². The second kappa shape index (κ2) is 3.76. The Hall–Kier alpha value is -0.600. The second-order valence-corrected chi connectivity index (χ2v) is 4.88. The van der Waals surface area contributed by atoms with Crippen LogP contribution in [-0.4, -0.2) is 0 Å². The molecule has 0 spiro atoms. The molecule has 0 aliphatic heterocycles. The Labute approximate surface area is 94.4 Å². The summed E-state index contributed by atoms with van der Waals surface area (Å²) in [5.41, 5.74) is 6.89. The monoisotopic (exact) mass is 227 g/mol. The molecule has 82 valence electrons. The molecule has 1 aromatic carbocycles. The minimum absolute atomic E-state index is 0.191. The maximum atomic E-state index is 13.9. The first-order chi connectivity index (χ1) is 7.03. The molecule has 0 unspecified atom stereocenters. The van der Waals surface area contributed by atoms with E-state index < -0.39 is 5.54 Å². The normalized spacial score (nSPS) is 19.5. The lowest BCUT2D eigenvalue weighted by atomic mass is 9.88. The van der Waals surface area contributed by atoms with Crippen molar-refractivity contribution in [1.82, 2.24) is 0 Å². The summed E-state index contributed by atoms with van der Waals surface area (Å²) in [5.74, 6) is -0.191. The Morgan fingerprint density at radius 2 is 1.93 bits per heavy atom. The topological polar surface area (TPSA) is 26.0 Å². The quantitative estimate of drug-likeness (QED) is 0.781. The first-order valence-electron chi connectivity index (χ1n) is 5.28. The number of halogens is 2. The van der Waals surface area contributed by atoms with Gasteiger partial charge in [-0.1, -0.05) is 24.4 Å². The lowest BCUT2D eigenvalue weighted by molar-refractivity contribution is 0.431. The van der Waals surface area contributed by atoms with Gasteiger partial charge in [0.05, 0.1) is 0 Å². The largest absolute Gasteiger partial charge is 0.321 e. The number of nitrogens with two attached hydrogens (primary N) is 1. The molecule has 1 saturated carbocycles. The van der Waals surface area contributed by atoms with Crippen LogP contribution in [0.2, 0.25) is 5.02 Å². The lowest BCUT2D eigenvalue weighted by Gasteiger charge is -2.25. The third-order valence-corrected chi connectivity index (χ3v) is 3.47. The van der Waals surface area contributed by atoms with Crippen LogP contribution in [0.3, 0.4) is 0 Å². The van der Waals surface area contributed by atoms with Gasteiger partial charge in [-0.05, 0) is 37.5 Å². The summed E-state index contributed by atoms with van der Waals surface area (Å²) in [6, 6.07) is 3.31. The minimum atomic E-state index is -0.500. The van der Waals surface area contributed by atoms with E-state index >= 15 is 0 Å². The van der Waals surface area contributed by atoms with Gasteiger partial charge in [0.15, 0.2) is 0 Å². The van der Waals surface area contributed by atoms with E-state index in [9.17, 15) is 4.39 Å². The van der Waals surface area contributed by atoms with Gasteiger partial charge in [-0.15, -0.1) is 0 Å². The second-order valence-electron chi connectivity index (χ2n) is 4.45. The molecule has 0 saturated heterocycles. The number of benzene rings is 1. The summed E-state index contributed by atoms with van der Waals surface area (Å²) in [7, 11) is 0. The average molecular weight is 228 g/mol. The number of hydrogen-bond donors (Lipinski definition) is 1. The molecule has 0 radical (unpaired) electrons. The van der Waals surface area contributed by atoms with Gasteiger partial charge in [0.1, 0.15) is 5.82 Å². The third kappa shape index (κ3) is 1.88. The van der Waals surface area contributed by atoms with Crippen molar-refractivity contribution in [2.24, 2.45) is 5.73 Å². The number of aryl methyl sites for hydroxylation is 1. The van der Waals surface area contributed by atoms with Gasteiger partial charge in [0.2, 0.25) is 0 Å². The number of rotatable bonds is 1.